The fraction of sp³-hybridized carbons (Fsp3) is 0.500. The fourth-order valence-electron chi connectivity index (χ4n) is 4.75. The van der Waals surface area contributed by atoms with Gasteiger partial charge in [-0.25, -0.2) is 8.78 Å². The van der Waals surface area contributed by atoms with Crippen molar-refractivity contribution in [1.29, 1.82) is 0 Å². The third-order valence-corrected chi connectivity index (χ3v) is 6.48. The van der Waals surface area contributed by atoms with Gasteiger partial charge in [-0.15, -0.1) is 0 Å². The van der Waals surface area contributed by atoms with Crippen LogP contribution in [0.25, 0.3) is 0 Å². The second-order valence-corrected chi connectivity index (χ2v) is 8.87. The largest absolute Gasteiger partial charge is 0.468 e. The van der Waals surface area contributed by atoms with E-state index in [0.29, 0.717) is 18.9 Å². The molecule has 1 saturated carbocycles. The SMILES string of the molecule is COC(=O)C(CC1CCCCCC1)N(Cc1ccccc1)CC(N=O)c1cc(F)cc(F)c1. The van der Waals surface area contributed by atoms with Crippen LogP contribution in [0.2, 0.25) is 0 Å². The van der Waals surface area contributed by atoms with E-state index in [0.717, 1.165) is 49.4 Å². The number of hydrogen-bond donors (Lipinski definition) is 0. The number of ether oxygens (including phenoxy) is 1. The first kappa shape index (κ1) is 25.0. The zero-order valence-electron chi connectivity index (χ0n) is 19.1. The topological polar surface area (TPSA) is 59.0 Å². The van der Waals surface area contributed by atoms with Gasteiger partial charge in [-0.1, -0.05) is 74.0 Å². The molecule has 0 N–H and O–H groups in total. The fourth-order valence-corrected chi connectivity index (χ4v) is 4.75. The quantitative estimate of drug-likeness (QED) is 0.242. The smallest absolute Gasteiger partial charge is 0.323 e. The molecule has 33 heavy (non-hydrogen) atoms. The number of hydrogen-bond acceptors (Lipinski definition) is 5. The number of nitroso groups, excluding NO2 is 1. The lowest BCUT2D eigenvalue weighted by atomic mass is 9.91. The number of carbonyl (C=O) groups excluding carboxylic acids is 1. The van der Waals surface area contributed by atoms with Crippen molar-refractivity contribution in [3.63, 3.8) is 0 Å². The summed E-state index contributed by atoms with van der Waals surface area (Å²) in [5, 5.41) is 3.17. The molecule has 0 radical (unpaired) electrons. The summed E-state index contributed by atoms with van der Waals surface area (Å²) >= 11 is 0. The highest BCUT2D eigenvalue weighted by atomic mass is 19.1. The second kappa shape index (κ2) is 12.5. The van der Waals surface area contributed by atoms with Gasteiger partial charge in [0.25, 0.3) is 0 Å². The molecule has 0 aromatic heterocycles. The van der Waals surface area contributed by atoms with Gasteiger partial charge in [0.1, 0.15) is 23.7 Å². The minimum absolute atomic E-state index is 0.0494. The molecule has 1 fully saturated rings. The van der Waals surface area contributed by atoms with Gasteiger partial charge in [-0.05, 0) is 35.6 Å². The maximum absolute atomic E-state index is 13.8. The highest BCUT2D eigenvalue weighted by molar-refractivity contribution is 5.75. The van der Waals surface area contributed by atoms with Crippen molar-refractivity contribution in [1.82, 2.24) is 4.90 Å². The number of methoxy groups -OCH3 is 1. The van der Waals surface area contributed by atoms with Crippen molar-refractivity contribution >= 4 is 5.97 Å². The maximum atomic E-state index is 13.8. The molecule has 0 amide bonds. The minimum atomic E-state index is -1.03. The van der Waals surface area contributed by atoms with Crippen molar-refractivity contribution in [2.24, 2.45) is 11.1 Å². The van der Waals surface area contributed by atoms with E-state index in [9.17, 15) is 18.5 Å². The van der Waals surface area contributed by atoms with Crippen molar-refractivity contribution in [2.45, 2.75) is 63.6 Å². The number of carbonyl (C=O) groups is 1. The predicted octanol–water partition coefficient (Wildman–Crippen LogP) is 6.18. The van der Waals surface area contributed by atoms with E-state index >= 15 is 0 Å². The monoisotopic (exact) mass is 458 g/mol. The lowest BCUT2D eigenvalue weighted by Crippen LogP contribution is -2.44. The average Bonchev–Trinajstić information content (AvgIpc) is 3.08. The number of benzene rings is 2. The lowest BCUT2D eigenvalue weighted by molar-refractivity contribution is -0.148. The van der Waals surface area contributed by atoms with Crippen molar-refractivity contribution < 1.29 is 18.3 Å². The van der Waals surface area contributed by atoms with Gasteiger partial charge >= 0.3 is 5.97 Å². The molecule has 0 heterocycles. The third-order valence-electron chi connectivity index (χ3n) is 6.48. The Morgan fingerprint density at radius 1 is 1.06 bits per heavy atom. The summed E-state index contributed by atoms with van der Waals surface area (Å²) in [6.45, 7) is 0.435. The van der Waals surface area contributed by atoms with Gasteiger partial charge in [-0.2, -0.15) is 4.91 Å². The van der Waals surface area contributed by atoms with Crippen LogP contribution in [0.15, 0.2) is 53.7 Å². The van der Waals surface area contributed by atoms with Crippen molar-refractivity contribution in [2.75, 3.05) is 13.7 Å². The summed E-state index contributed by atoms with van der Waals surface area (Å²) in [5.41, 5.74) is 1.11. The van der Waals surface area contributed by atoms with E-state index in [4.69, 9.17) is 4.74 Å². The zero-order valence-corrected chi connectivity index (χ0v) is 19.1. The van der Waals surface area contributed by atoms with Gasteiger partial charge in [0, 0.05) is 19.2 Å². The van der Waals surface area contributed by atoms with E-state index in [1.807, 2.05) is 35.2 Å². The first-order valence-electron chi connectivity index (χ1n) is 11.6. The van der Waals surface area contributed by atoms with Crippen LogP contribution in [0, 0.1) is 22.5 Å². The number of esters is 1. The highest BCUT2D eigenvalue weighted by Gasteiger charge is 2.32. The molecular weight excluding hydrogens is 426 g/mol. The molecule has 0 spiro atoms. The number of rotatable bonds is 10. The van der Waals surface area contributed by atoms with Crippen LogP contribution in [0.4, 0.5) is 8.78 Å². The average molecular weight is 459 g/mol. The van der Waals surface area contributed by atoms with Crippen molar-refractivity contribution in [3.8, 4) is 0 Å². The Hall–Kier alpha value is -2.67. The summed E-state index contributed by atoms with van der Waals surface area (Å²) in [6, 6.07) is 11.0. The molecule has 0 saturated heterocycles. The Bertz CT molecular complexity index is 881. The Kier molecular flexibility index (Phi) is 9.48. The van der Waals surface area contributed by atoms with E-state index < -0.39 is 23.7 Å². The van der Waals surface area contributed by atoms with E-state index in [2.05, 4.69) is 5.18 Å². The molecule has 1 aliphatic rings. The predicted molar refractivity (Wildman–Crippen MR) is 123 cm³/mol. The van der Waals surface area contributed by atoms with Gasteiger partial charge in [0.05, 0.1) is 7.11 Å². The molecule has 178 valence electrons. The molecule has 2 unspecified atom stereocenters. The van der Waals surface area contributed by atoms with E-state index in [1.165, 1.54) is 20.0 Å². The first-order chi connectivity index (χ1) is 16.0. The second-order valence-electron chi connectivity index (χ2n) is 8.87. The summed E-state index contributed by atoms with van der Waals surface area (Å²) in [5.74, 6) is -1.53. The summed E-state index contributed by atoms with van der Waals surface area (Å²) < 4.78 is 32.8. The molecular formula is C26H32F2N2O3. The number of halogens is 2. The minimum Gasteiger partial charge on any atom is -0.468 e. The van der Waals surface area contributed by atoms with Crippen LogP contribution in [0.5, 0.6) is 0 Å². The van der Waals surface area contributed by atoms with Gasteiger partial charge in [0.2, 0.25) is 0 Å². The van der Waals surface area contributed by atoms with Crippen molar-refractivity contribution in [3.05, 3.63) is 76.2 Å². The Balaban J connectivity index is 1.90. The molecule has 2 atom stereocenters. The Morgan fingerprint density at radius 2 is 1.70 bits per heavy atom. The highest BCUT2D eigenvalue weighted by Crippen LogP contribution is 2.30. The molecule has 0 aliphatic heterocycles. The van der Waals surface area contributed by atoms with Crippen LogP contribution in [0.3, 0.4) is 0 Å². The summed E-state index contributed by atoms with van der Waals surface area (Å²) in [7, 11) is 1.36. The van der Waals surface area contributed by atoms with Crippen LogP contribution < -0.4 is 0 Å². The normalized spacial score (nSPS) is 16.7. The lowest BCUT2D eigenvalue weighted by Gasteiger charge is -2.33. The van der Waals surface area contributed by atoms with Gasteiger partial charge in [-0.3, -0.25) is 9.69 Å². The Labute approximate surface area is 194 Å². The van der Waals surface area contributed by atoms with E-state index in [-0.39, 0.29) is 18.1 Å². The van der Waals surface area contributed by atoms with Crippen LogP contribution in [0.1, 0.15) is 62.1 Å². The molecule has 7 heteroatoms. The Morgan fingerprint density at radius 3 is 2.27 bits per heavy atom. The molecule has 2 aromatic carbocycles. The molecule has 5 nitrogen and oxygen atoms in total. The number of nitrogens with zero attached hydrogens (tertiary/aromatic N) is 2. The molecule has 3 rings (SSSR count). The van der Waals surface area contributed by atoms with Crippen LogP contribution in [-0.2, 0) is 16.1 Å². The zero-order chi connectivity index (χ0) is 23.6. The maximum Gasteiger partial charge on any atom is 0.323 e. The molecule has 2 aromatic rings. The van der Waals surface area contributed by atoms with Crippen LogP contribution >= 0.6 is 0 Å². The third kappa shape index (κ3) is 7.42. The van der Waals surface area contributed by atoms with E-state index in [1.54, 1.807) is 0 Å². The van der Waals surface area contributed by atoms with Gasteiger partial charge in [0.15, 0.2) is 0 Å². The molecule has 0 bridgehead atoms. The first-order valence-corrected chi connectivity index (χ1v) is 11.6. The van der Waals surface area contributed by atoms with Gasteiger partial charge < -0.3 is 4.74 Å². The molecule has 1 aliphatic carbocycles. The van der Waals surface area contributed by atoms with Crippen LogP contribution in [-0.4, -0.2) is 30.6 Å². The standard InChI is InChI=1S/C26H32F2N2O3/c1-33-26(31)25(13-19-9-5-2-3-6-10-19)30(17-20-11-7-4-8-12-20)18-24(29-32)21-14-22(27)16-23(28)15-21/h4,7-8,11-12,14-16,19,24-25H,2-3,5-6,9-10,13,17-18H2,1H3. The summed E-state index contributed by atoms with van der Waals surface area (Å²) in [4.78, 5) is 26.6. The summed E-state index contributed by atoms with van der Waals surface area (Å²) in [6.07, 6.45) is 7.40.